The molecule has 128 valence electrons. The van der Waals surface area contributed by atoms with Gasteiger partial charge in [-0.2, -0.15) is 0 Å². The Morgan fingerprint density at radius 3 is 2.72 bits per heavy atom. The molecule has 2 heterocycles. The molecule has 0 amide bonds. The zero-order chi connectivity index (χ0) is 17.3. The van der Waals surface area contributed by atoms with Crippen LogP contribution >= 0.6 is 0 Å². The van der Waals surface area contributed by atoms with Crippen LogP contribution in [0.3, 0.4) is 0 Å². The number of aromatic nitrogens is 1. The van der Waals surface area contributed by atoms with Gasteiger partial charge in [-0.1, -0.05) is 0 Å². The number of methoxy groups -OCH3 is 2. The van der Waals surface area contributed by atoms with Gasteiger partial charge in [0.25, 0.3) is 0 Å². The molecule has 1 N–H and O–H groups in total. The number of hydrogen-bond acceptors (Lipinski definition) is 5. The van der Waals surface area contributed by atoms with E-state index in [-0.39, 0.29) is 29.6 Å². The molecule has 0 fully saturated rings. The SMILES string of the molecule is COc1ccc2c(c1)[N-]C([S@@](=O)Cc1ncc(C)c(OC)c1C)N2.[Na+]. The number of nitrogens with one attached hydrogen (secondary N) is 1. The minimum atomic E-state index is -1.24. The Labute approximate surface area is 172 Å². The number of anilines is 1. The molecule has 6 nitrogen and oxygen atoms in total. The standard InChI is InChI=1S/C17H20N3O3S.Na/c1-10-8-18-15(11(2)16(10)23-4)9-24(21)17-19-13-6-5-12(22-3)7-14(13)20-17;/h5-8,17,19H,9H2,1-4H3;/q-1;+1/t17?,24-;/m0./s1. The second-order valence-electron chi connectivity index (χ2n) is 5.58. The topological polar surface area (TPSA) is 74.6 Å². The molecule has 0 bridgehead atoms. The van der Waals surface area contributed by atoms with Crippen molar-refractivity contribution in [3.63, 3.8) is 0 Å². The number of aryl methyl sites for hydroxylation is 1. The van der Waals surface area contributed by atoms with E-state index in [9.17, 15) is 4.21 Å². The predicted molar refractivity (Wildman–Crippen MR) is 95.5 cm³/mol. The molecule has 3 rings (SSSR count). The van der Waals surface area contributed by atoms with Crippen molar-refractivity contribution >= 4 is 22.2 Å². The average Bonchev–Trinajstić information content (AvgIpc) is 3.01. The Kier molecular flexibility index (Phi) is 6.73. The maximum atomic E-state index is 12.7. The van der Waals surface area contributed by atoms with E-state index in [4.69, 9.17) is 9.47 Å². The number of benzene rings is 1. The van der Waals surface area contributed by atoms with Crippen LogP contribution < -0.4 is 44.3 Å². The molecule has 1 aromatic carbocycles. The molecule has 8 heteroatoms. The summed E-state index contributed by atoms with van der Waals surface area (Å²) in [6.07, 6.45) is 1.75. The third kappa shape index (κ3) is 4.11. The number of nitrogens with zero attached hydrogens (tertiary/aromatic N) is 2. The molecular formula is C17H20N3NaO3S. The second-order valence-corrected chi connectivity index (χ2v) is 7.08. The van der Waals surface area contributed by atoms with Gasteiger partial charge in [-0.25, -0.2) is 0 Å². The summed E-state index contributed by atoms with van der Waals surface area (Å²) in [5.74, 6) is 1.84. The van der Waals surface area contributed by atoms with Crippen LogP contribution in [0, 0.1) is 13.8 Å². The molecule has 0 aliphatic carbocycles. The summed E-state index contributed by atoms with van der Waals surface area (Å²) in [6, 6.07) is 5.56. The number of ether oxygens (including phenoxy) is 2. The van der Waals surface area contributed by atoms with E-state index in [2.05, 4.69) is 15.6 Å². The summed E-state index contributed by atoms with van der Waals surface area (Å²) in [5, 5.41) is 7.68. The van der Waals surface area contributed by atoms with Crippen molar-refractivity contribution in [2.75, 3.05) is 19.5 Å². The first-order valence-electron chi connectivity index (χ1n) is 7.55. The fourth-order valence-electron chi connectivity index (χ4n) is 2.71. The first kappa shape index (κ1) is 20.0. The first-order chi connectivity index (χ1) is 11.5. The molecular weight excluding hydrogens is 349 g/mol. The van der Waals surface area contributed by atoms with Crippen LogP contribution in [0.5, 0.6) is 11.5 Å². The summed E-state index contributed by atoms with van der Waals surface area (Å²) in [4.78, 5) is 4.41. The van der Waals surface area contributed by atoms with E-state index in [0.29, 0.717) is 5.75 Å². The van der Waals surface area contributed by atoms with Crippen LogP contribution in [0.4, 0.5) is 11.4 Å². The average molecular weight is 369 g/mol. The molecule has 0 radical (unpaired) electrons. The van der Waals surface area contributed by atoms with Gasteiger partial charge in [0, 0.05) is 39.3 Å². The quantitative estimate of drug-likeness (QED) is 0.772. The van der Waals surface area contributed by atoms with Crippen LogP contribution in [0.25, 0.3) is 5.32 Å². The number of hydrogen-bond donors (Lipinski definition) is 1. The summed E-state index contributed by atoms with van der Waals surface area (Å²) < 4.78 is 23.3. The van der Waals surface area contributed by atoms with Gasteiger partial charge in [-0.15, -0.1) is 5.69 Å². The van der Waals surface area contributed by atoms with Crippen molar-refractivity contribution in [1.29, 1.82) is 0 Å². The normalized spacial score (nSPS) is 16.1. The van der Waals surface area contributed by atoms with E-state index in [1.54, 1.807) is 20.4 Å². The van der Waals surface area contributed by atoms with Gasteiger partial charge >= 0.3 is 29.6 Å². The molecule has 0 spiro atoms. The molecule has 25 heavy (non-hydrogen) atoms. The Morgan fingerprint density at radius 1 is 1.28 bits per heavy atom. The Balaban J connectivity index is 0.00000225. The molecule has 0 saturated carbocycles. The van der Waals surface area contributed by atoms with Crippen LogP contribution in [0.1, 0.15) is 16.8 Å². The van der Waals surface area contributed by atoms with Crippen LogP contribution in [-0.2, 0) is 16.6 Å². The van der Waals surface area contributed by atoms with E-state index in [1.807, 2.05) is 32.0 Å². The molecule has 0 saturated heterocycles. The number of pyridine rings is 1. The van der Waals surface area contributed by atoms with E-state index >= 15 is 0 Å². The van der Waals surface area contributed by atoms with Gasteiger partial charge in [0.15, 0.2) is 0 Å². The summed E-state index contributed by atoms with van der Waals surface area (Å²) in [6.45, 7) is 3.88. The largest absolute Gasteiger partial charge is 1.00 e. The molecule has 1 unspecified atom stereocenters. The Hall–Kier alpha value is -1.28. The van der Waals surface area contributed by atoms with Crippen molar-refractivity contribution < 1.29 is 43.2 Å². The summed E-state index contributed by atoms with van der Waals surface area (Å²) >= 11 is 0. The van der Waals surface area contributed by atoms with Gasteiger partial charge < -0.3 is 20.1 Å². The minimum absolute atomic E-state index is 0. The molecule has 1 aliphatic heterocycles. The molecule has 2 aromatic rings. The number of rotatable bonds is 5. The zero-order valence-corrected chi connectivity index (χ0v) is 17.9. The van der Waals surface area contributed by atoms with Crippen LogP contribution in [0.15, 0.2) is 24.4 Å². The van der Waals surface area contributed by atoms with E-state index < -0.39 is 16.3 Å². The zero-order valence-electron chi connectivity index (χ0n) is 15.1. The molecule has 1 aliphatic rings. The van der Waals surface area contributed by atoms with Crippen molar-refractivity contribution in [2.45, 2.75) is 25.1 Å². The minimum Gasteiger partial charge on any atom is -0.653 e. The summed E-state index contributed by atoms with van der Waals surface area (Å²) in [5.41, 5.74) is 3.79. The number of fused-ring (bicyclic) bond motifs is 1. The van der Waals surface area contributed by atoms with Crippen molar-refractivity contribution in [2.24, 2.45) is 0 Å². The Morgan fingerprint density at radius 2 is 2.04 bits per heavy atom. The predicted octanol–water partition coefficient (Wildman–Crippen LogP) is 0.383. The van der Waals surface area contributed by atoms with Crippen molar-refractivity contribution in [3.05, 3.63) is 46.5 Å². The third-order valence-electron chi connectivity index (χ3n) is 4.02. The van der Waals surface area contributed by atoms with Gasteiger partial charge in [0.1, 0.15) is 11.5 Å². The maximum Gasteiger partial charge on any atom is 1.00 e. The monoisotopic (exact) mass is 369 g/mol. The van der Waals surface area contributed by atoms with Gasteiger partial charge in [0.05, 0.1) is 25.7 Å². The van der Waals surface area contributed by atoms with Crippen LogP contribution in [-0.4, -0.2) is 28.9 Å². The second kappa shape index (κ2) is 8.40. The summed E-state index contributed by atoms with van der Waals surface area (Å²) in [7, 11) is 2.00. The fraction of sp³-hybridized carbons (Fsp3) is 0.353. The Bertz CT molecular complexity index is 801. The molecule has 2 atom stereocenters. The van der Waals surface area contributed by atoms with Gasteiger partial charge in [0.2, 0.25) is 0 Å². The third-order valence-corrected chi connectivity index (χ3v) is 5.30. The van der Waals surface area contributed by atoms with Crippen molar-refractivity contribution in [1.82, 2.24) is 4.98 Å². The maximum absolute atomic E-state index is 12.7. The smallest absolute Gasteiger partial charge is 0.653 e. The van der Waals surface area contributed by atoms with E-state index in [1.165, 1.54) is 0 Å². The fourth-order valence-corrected chi connectivity index (χ4v) is 3.92. The van der Waals surface area contributed by atoms with Crippen molar-refractivity contribution in [3.8, 4) is 11.5 Å². The molecule has 1 aromatic heterocycles. The van der Waals surface area contributed by atoms with E-state index in [0.717, 1.165) is 39.7 Å². The first-order valence-corrected chi connectivity index (χ1v) is 8.93. The van der Waals surface area contributed by atoms with Gasteiger partial charge in [-0.3, -0.25) is 9.19 Å². The van der Waals surface area contributed by atoms with Gasteiger partial charge in [-0.05, 0) is 32.0 Å². The van der Waals surface area contributed by atoms with Crippen LogP contribution in [0.2, 0.25) is 0 Å².